The van der Waals surface area contributed by atoms with Crippen molar-refractivity contribution >= 4 is 11.7 Å². The van der Waals surface area contributed by atoms with Gasteiger partial charge in [0.05, 0.1) is 18.0 Å². The Morgan fingerprint density at radius 1 is 1.12 bits per heavy atom. The highest BCUT2D eigenvalue weighted by molar-refractivity contribution is 6.00. The fraction of sp³-hybridized carbons (Fsp3) is 0.370. The number of nitrogens with zero attached hydrogens (tertiary/aromatic N) is 2. The molecule has 1 heterocycles. The summed E-state index contributed by atoms with van der Waals surface area (Å²) in [6.45, 7) is 6.61. The van der Waals surface area contributed by atoms with Gasteiger partial charge in [-0.2, -0.15) is 0 Å². The van der Waals surface area contributed by atoms with Crippen LogP contribution in [0, 0.1) is 12.8 Å². The first-order valence-electron chi connectivity index (χ1n) is 11.6. The Kier molecular flexibility index (Phi) is 9.26. The van der Waals surface area contributed by atoms with Gasteiger partial charge in [-0.15, -0.1) is 0 Å². The van der Waals surface area contributed by atoms with Gasteiger partial charge in [-0.3, -0.25) is 4.79 Å². The van der Waals surface area contributed by atoms with Gasteiger partial charge >= 0.3 is 5.97 Å². The minimum atomic E-state index is -0.918. The predicted octanol–water partition coefficient (Wildman–Crippen LogP) is 5.71. The molecule has 0 aliphatic carbocycles. The highest BCUT2D eigenvalue weighted by atomic mass is 16.6. The maximum absolute atomic E-state index is 11.7. The quantitative estimate of drug-likeness (QED) is 0.198. The van der Waals surface area contributed by atoms with E-state index in [2.05, 4.69) is 17.1 Å². The van der Waals surface area contributed by atoms with Crippen LogP contribution in [0.15, 0.2) is 64.2 Å². The number of hydrogen-bond acceptors (Lipinski definition) is 6. The Balaban J connectivity index is 1.52. The molecule has 0 fully saturated rings. The summed E-state index contributed by atoms with van der Waals surface area (Å²) in [6, 6.07) is 17.3. The summed E-state index contributed by atoms with van der Waals surface area (Å²) in [4.78, 5) is 21.6. The Morgan fingerprint density at radius 2 is 1.85 bits per heavy atom. The van der Waals surface area contributed by atoms with Gasteiger partial charge in [-0.1, -0.05) is 48.8 Å². The summed E-state index contributed by atoms with van der Waals surface area (Å²) >= 11 is 0. The van der Waals surface area contributed by atoms with Crippen molar-refractivity contribution in [3.8, 4) is 17.2 Å². The number of hydrogen-bond donors (Lipinski definition) is 1. The SMILES string of the molecule is CCCCO/N=C(\C)C(Cc1ccc(OCCc2nc(-c3ccccc3)oc2C)cc1)C(=O)O. The zero-order chi connectivity index (χ0) is 24.3. The van der Waals surface area contributed by atoms with Gasteiger partial charge in [0, 0.05) is 12.0 Å². The molecule has 3 aromatic rings. The molecule has 34 heavy (non-hydrogen) atoms. The first-order valence-corrected chi connectivity index (χ1v) is 11.6. The number of benzene rings is 2. The Morgan fingerprint density at radius 3 is 2.53 bits per heavy atom. The molecule has 3 rings (SSSR count). The van der Waals surface area contributed by atoms with Crippen LogP contribution in [0.25, 0.3) is 11.5 Å². The largest absolute Gasteiger partial charge is 0.493 e. The van der Waals surface area contributed by atoms with Crippen molar-refractivity contribution in [2.75, 3.05) is 13.2 Å². The average Bonchev–Trinajstić information content (AvgIpc) is 3.22. The van der Waals surface area contributed by atoms with Crippen LogP contribution < -0.4 is 4.74 Å². The monoisotopic (exact) mass is 464 g/mol. The first-order chi connectivity index (χ1) is 16.5. The van der Waals surface area contributed by atoms with E-state index in [9.17, 15) is 9.90 Å². The number of aryl methyl sites for hydroxylation is 1. The van der Waals surface area contributed by atoms with E-state index in [0.29, 0.717) is 43.4 Å². The van der Waals surface area contributed by atoms with E-state index in [-0.39, 0.29) is 0 Å². The van der Waals surface area contributed by atoms with Crippen molar-refractivity contribution in [2.24, 2.45) is 11.1 Å². The van der Waals surface area contributed by atoms with Gasteiger partial charge in [0.25, 0.3) is 0 Å². The number of aromatic nitrogens is 1. The van der Waals surface area contributed by atoms with E-state index < -0.39 is 11.9 Å². The molecule has 1 unspecified atom stereocenters. The number of aliphatic carboxylic acids is 1. The lowest BCUT2D eigenvalue weighted by atomic mass is 9.95. The van der Waals surface area contributed by atoms with Crippen LogP contribution in [0.1, 0.15) is 43.7 Å². The summed E-state index contributed by atoms with van der Waals surface area (Å²) in [7, 11) is 0. The molecule has 7 nitrogen and oxygen atoms in total. The van der Waals surface area contributed by atoms with Crippen LogP contribution in [0.4, 0.5) is 0 Å². The van der Waals surface area contributed by atoms with Crippen LogP contribution >= 0.6 is 0 Å². The number of ether oxygens (including phenoxy) is 1. The number of carboxylic acids is 1. The number of carboxylic acid groups (broad SMARTS) is 1. The number of rotatable bonds is 13. The van der Waals surface area contributed by atoms with Gasteiger partial charge in [-0.05, 0) is 56.5 Å². The standard InChI is InChI=1S/C27H32N2O5/c1-4-5-16-33-29-19(2)24(27(30)31)18-21-11-13-23(14-12-21)32-17-15-25-20(3)34-26(28-25)22-9-7-6-8-10-22/h6-14,24H,4-5,15-18H2,1-3H3,(H,30,31)/b29-19+. The lowest BCUT2D eigenvalue weighted by Crippen LogP contribution is -2.24. The molecular weight excluding hydrogens is 432 g/mol. The molecular formula is C27H32N2O5. The van der Waals surface area contributed by atoms with Gasteiger partial charge in [0.2, 0.25) is 5.89 Å². The third kappa shape index (κ3) is 7.20. The van der Waals surface area contributed by atoms with E-state index in [1.165, 1.54) is 0 Å². The van der Waals surface area contributed by atoms with Gasteiger partial charge in [-0.25, -0.2) is 4.98 Å². The van der Waals surface area contributed by atoms with E-state index >= 15 is 0 Å². The van der Waals surface area contributed by atoms with E-state index in [4.69, 9.17) is 14.0 Å². The number of carbonyl (C=O) groups is 1. The minimum absolute atomic E-state index is 0.336. The normalized spacial score (nSPS) is 12.4. The van der Waals surface area contributed by atoms with Crippen LogP contribution in [0.2, 0.25) is 0 Å². The fourth-order valence-corrected chi connectivity index (χ4v) is 3.42. The molecule has 0 spiro atoms. The average molecular weight is 465 g/mol. The molecule has 0 bridgehead atoms. The lowest BCUT2D eigenvalue weighted by Gasteiger charge is -2.13. The fourth-order valence-electron chi connectivity index (χ4n) is 3.42. The summed E-state index contributed by atoms with van der Waals surface area (Å²) in [5.74, 6) is 0.461. The van der Waals surface area contributed by atoms with Crippen molar-refractivity contribution in [2.45, 2.75) is 46.5 Å². The molecule has 1 atom stereocenters. The summed E-state index contributed by atoms with van der Waals surface area (Å²) in [6.07, 6.45) is 2.85. The molecule has 0 aliphatic rings. The minimum Gasteiger partial charge on any atom is -0.493 e. The van der Waals surface area contributed by atoms with Crippen LogP contribution in [0.3, 0.4) is 0 Å². The second-order valence-electron chi connectivity index (χ2n) is 8.14. The molecule has 1 aromatic heterocycles. The van der Waals surface area contributed by atoms with E-state index in [0.717, 1.165) is 35.4 Å². The molecule has 7 heteroatoms. The number of oxime groups is 1. The molecule has 1 N–H and O–H groups in total. The second-order valence-corrected chi connectivity index (χ2v) is 8.14. The third-order valence-electron chi connectivity index (χ3n) is 5.48. The summed E-state index contributed by atoms with van der Waals surface area (Å²) in [5, 5.41) is 13.6. The molecule has 0 saturated carbocycles. The van der Waals surface area contributed by atoms with Crippen LogP contribution in [0.5, 0.6) is 5.75 Å². The number of oxazole rings is 1. The highest BCUT2D eigenvalue weighted by Gasteiger charge is 2.22. The van der Waals surface area contributed by atoms with Crippen molar-refractivity contribution in [3.63, 3.8) is 0 Å². The van der Waals surface area contributed by atoms with Gasteiger partial charge < -0.3 is 19.1 Å². The van der Waals surface area contributed by atoms with Crippen molar-refractivity contribution in [3.05, 3.63) is 71.6 Å². The molecule has 0 amide bonds. The smallest absolute Gasteiger partial charge is 0.312 e. The first kappa shape index (κ1) is 25.0. The molecule has 0 radical (unpaired) electrons. The number of unbranched alkanes of at least 4 members (excludes halogenated alkanes) is 1. The zero-order valence-corrected chi connectivity index (χ0v) is 20.0. The molecule has 0 saturated heterocycles. The Bertz CT molecular complexity index is 1070. The topological polar surface area (TPSA) is 94.2 Å². The maximum Gasteiger partial charge on any atom is 0.312 e. The van der Waals surface area contributed by atoms with E-state index in [1.807, 2.05) is 61.5 Å². The Hall–Kier alpha value is -3.61. The van der Waals surface area contributed by atoms with Crippen LogP contribution in [-0.2, 0) is 22.5 Å². The van der Waals surface area contributed by atoms with Crippen molar-refractivity contribution < 1.29 is 23.9 Å². The maximum atomic E-state index is 11.7. The second kappa shape index (κ2) is 12.6. The van der Waals surface area contributed by atoms with Crippen molar-refractivity contribution in [1.29, 1.82) is 0 Å². The summed E-state index contributed by atoms with van der Waals surface area (Å²) < 4.78 is 11.7. The van der Waals surface area contributed by atoms with E-state index in [1.54, 1.807) is 6.92 Å². The highest BCUT2D eigenvalue weighted by Crippen LogP contribution is 2.22. The molecule has 2 aromatic carbocycles. The Labute approximate surface area is 200 Å². The predicted molar refractivity (Wildman–Crippen MR) is 131 cm³/mol. The van der Waals surface area contributed by atoms with Crippen LogP contribution in [-0.4, -0.2) is 35.0 Å². The van der Waals surface area contributed by atoms with Gasteiger partial charge in [0.1, 0.15) is 24.0 Å². The lowest BCUT2D eigenvalue weighted by molar-refractivity contribution is -0.139. The van der Waals surface area contributed by atoms with Crippen molar-refractivity contribution in [1.82, 2.24) is 4.98 Å². The molecule has 180 valence electrons. The third-order valence-corrected chi connectivity index (χ3v) is 5.48. The zero-order valence-electron chi connectivity index (χ0n) is 20.0. The molecule has 0 aliphatic heterocycles. The van der Waals surface area contributed by atoms with Gasteiger partial charge in [0.15, 0.2) is 0 Å². The summed E-state index contributed by atoms with van der Waals surface area (Å²) in [5.41, 5.74) is 3.17.